The van der Waals surface area contributed by atoms with Crippen LogP contribution in [0.25, 0.3) is 21.9 Å². The summed E-state index contributed by atoms with van der Waals surface area (Å²) in [6.07, 6.45) is 0. The first kappa shape index (κ1) is 21.9. The number of carbonyl (C=O) groups excluding carboxylic acids is 1. The van der Waals surface area contributed by atoms with Crippen LogP contribution in [-0.4, -0.2) is 31.9 Å². The molecule has 0 saturated heterocycles. The highest BCUT2D eigenvalue weighted by Crippen LogP contribution is 2.35. The summed E-state index contributed by atoms with van der Waals surface area (Å²) in [4.78, 5) is 13.8. The van der Waals surface area contributed by atoms with E-state index in [1.807, 2.05) is 78.9 Å². The Kier molecular flexibility index (Phi) is 6.76. The zero-order valence-corrected chi connectivity index (χ0v) is 19.5. The van der Waals surface area contributed by atoms with Crippen molar-refractivity contribution in [1.29, 1.82) is 0 Å². The van der Waals surface area contributed by atoms with Gasteiger partial charge in [0.2, 0.25) is 0 Å². The molecule has 0 atom stereocenters. The number of rotatable bonds is 8. The van der Waals surface area contributed by atoms with Gasteiger partial charge in [-0.25, -0.2) is 0 Å². The number of benzene rings is 4. The van der Waals surface area contributed by atoms with Gasteiger partial charge in [-0.05, 0) is 76.5 Å². The van der Waals surface area contributed by atoms with Gasteiger partial charge in [0.15, 0.2) is 5.78 Å². The monoisotopic (exact) mass is 490 g/mol. The summed E-state index contributed by atoms with van der Waals surface area (Å²) in [5, 5.41) is 2.56. The van der Waals surface area contributed by atoms with Crippen LogP contribution in [0.5, 0.6) is 17.2 Å². The average Bonchev–Trinajstić information content (AvgIpc) is 2.86. The second-order valence-corrected chi connectivity index (χ2v) is 7.99. The van der Waals surface area contributed by atoms with Gasteiger partial charge in [0.1, 0.15) is 17.2 Å². The molecule has 0 unspecified atom stereocenters. The van der Waals surface area contributed by atoms with Gasteiger partial charge in [-0.3, -0.25) is 4.79 Å². The van der Waals surface area contributed by atoms with E-state index >= 15 is 0 Å². The fourth-order valence-electron chi connectivity index (χ4n) is 3.71. The van der Waals surface area contributed by atoms with Crippen molar-refractivity contribution in [3.63, 3.8) is 0 Å². The molecule has 0 amide bonds. The van der Waals surface area contributed by atoms with Crippen molar-refractivity contribution >= 4 is 32.5 Å². The zero-order valence-electron chi connectivity index (χ0n) is 17.9. The van der Waals surface area contributed by atoms with Crippen molar-refractivity contribution in [1.82, 2.24) is 0 Å². The molecule has 0 aliphatic rings. The lowest BCUT2D eigenvalue weighted by atomic mass is 9.89. The topological polar surface area (TPSA) is 44.8 Å². The fourth-order valence-corrected chi connectivity index (χ4v) is 3.88. The van der Waals surface area contributed by atoms with Crippen molar-refractivity contribution in [2.75, 3.05) is 26.2 Å². The lowest BCUT2D eigenvalue weighted by Crippen LogP contribution is -2.05. The Morgan fingerprint density at radius 3 is 2.25 bits per heavy atom. The first-order chi connectivity index (χ1) is 15.6. The number of hydrogen-bond acceptors (Lipinski definition) is 4. The van der Waals surface area contributed by atoms with Crippen LogP contribution in [0.4, 0.5) is 0 Å². The smallest absolute Gasteiger partial charge is 0.194 e. The van der Waals surface area contributed by atoms with Gasteiger partial charge >= 0.3 is 0 Å². The number of ketones is 1. The second-order valence-electron chi connectivity index (χ2n) is 7.20. The van der Waals surface area contributed by atoms with Gasteiger partial charge in [-0.15, -0.1) is 0 Å². The Morgan fingerprint density at radius 1 is 0.812 bits per heavy atom. The second kappa shape index (κ2) is 9.88. The molecule has 4 nitrogen and oxygen atoms in total. The van der Waals surface area contributed by atoms with E-state index in [-0.39, 0.29) is 5.78 Å². The summed E-state index contributed by atoms with van der Waals surface area (Å²) in [6.45, 7) is 0.568. The average molecular weight is 491 g/mol. The maximum absolute atomic E-state index is 13.8. The Bertz CT molecular complexity index is 1250. The van der Waals surface area contributed by atoms with Gasteiger partial charge < -0.3 is 14.2 Å². The third-order valence-corrected chi connectivity index (χ3v) is 5.62. The number of hydrogen-bond donors (Lipinski definition) is 0. The molecule has 0 spiro atoms. The van der Waals surface area contributed by atoms with E-state index in [1.54, 1.807) is 14.2 Å². The van der Waals surface area contributed by atoms with Crippen LogP contribution < -0.4 is 14.2 Å². The van der Waals surface area contributed by atoms with Crippen LogP contribution in [-0.2, 0) is 0 Å². The number of ether oxygens (including phenoxy) is 3. The standard InChI is InChI=1S/C27H23BrO4/c1-30-22-5-3-4-19(16-22)24-12-8-20-17-23(31-2)11-13-25(20)26(24)27(29)18-6-9-21(10-7-18)32-15-14-28/h3-13,16-17H,14-15H2,1-2H3. The summed E-state index contributed by atoms with van der Waals surface area (Å²) >= 11 is 3.35. The van der Waals surface area contributed by atoms with Gasteiger partial charge in [-0.1, -0.05) is 40.2 Å². The molecular formula is C27H23BrO4. The summed E-state index contributed by atoms with van der Waals surface area (Å²) < 4.78 is 16.4. The summed E-state index contributed by atoms with van der Waals surface area (Å²) in [5.41, 5.74) is 3.02. The third kappa shape index (κ3) is 4.48. The lowest BCUT2D eigenvalue weighted by Gasteiger charge is -2.15. The molecule has 0 radical (unpaired) electrons. The molecule has 0 heterocycles. The molecule has 0 N–H and O–H groups in total. The first-order valence-electron chi connectivity index (χ1n) is 10.2. The number of methoxy groups -OCH3 is 2. The zero-order chi connectivity index (χ0) is 22.5. The normalized spacial score (nSPS) is 10.7. The molecule has 0 bridgehead atoms. The van der Waals surface area contributed by atoms with Crippen molar-refractivity contribution in [3.05, 3.63) is 90.0 Å². The SMILES string of the molecule is COc1cccc(-c2ccc3cc(OC)ccc3c2C(=O)c2ccc(OCCBr)cc2)c1. The van der Waals surface area contributed by atoms with Crippen LogP contribution in [0.3, 0.4) is 0 Å². The molecule has 0 fully saturated rings. The molecule has 4 aromatic rings. The summed E-state index contributed by atoms with van der Waals surface area (Å²) in [6, 6.07) is 24.8. The van der Waals surface area contributed by atoms with Crippen molar-refractivity contribution in [2.45, 2.75) is 0 Å². The minimum Gasteiger partial charge on any atom is -0.497 e. The Hall–Kier alpha value is -3.31. The van der Waals surface area contributed by atoms with Crippen LogP contribution in [0.15, 0.2) is 78.9 Å². The van der Waals surface area contributed by atoms with Gasteiger partial charge in [-0.2, -0.15) is 0 Å². The minimum absolute atomic E-state index is 0.0503. The van der Waals surface area contributed by atoms with Crippen LogP contribution in [0.2, 0.25) is 0 Å². The fraction of sp³-hybridized carbons (Fsp3) is 0.148. The lowest BCUT2D eigenvalue weighted by molar-refractivity contribution is 0.104. The number of carbonyl (C=O) groups is 1. The maximum Gasteiger partial charge on any atom is 0.194 e. The predicted octanol–water partition coefficient (Wildman–Crippen LogP) is 6.53. The van der Waals surface area contributed by atoms with E-state index in [0.717, 1.165) is 44.5 Å². The summed E-state index contributed by atoms with van der Waals surface area (Å²) in [7, 11) is 3.27. The third-order valence-electron chi connectivity index (χ3n) is 5.30. The largest absolute Gasteiger partial charge is 0.497 e. The Balaban J connectivity index is 1.87. The minimum atomic E-state index is -0.0503. The molecule has 0 aliphatic heterocycles. The number of halogens is 1. The van der Waals surface area contributed by atoms with Crippen molar-refractivity contribution in [3.8, 4) is 28.4 Å². The van der Waals surface area contributed by atoms with Crippen LogP contribution in [0, 0.1) is 0 Å². The molecular weight excluding hydrogens is 468 g/mol. The molecule has 5 heteroatoms. The highest BCUT2D eigenvalue weighted by atomic mass is 79.9. The van der Waals surface area contributed by atoms with Gasteiger partial charge in [0.05, 0.1) is 20.8 Å². The highest BCUT2D eigenvalue weighted by Gasteiger charge is 2.19. The van der Waals surface area contributed by atoms with E-state index < -0.39 is 0 Å². The maximum atomic E-state index is 13.8. The Morgan fingerprint density at radius 2 is 1.53 bits per heavy atom. The molecule has 0 aliphatic carbocycles. The van der Waals surface area contributed by atoms with Crippen molar-refractivity contribution < 1.29 is 19.0 Å². The van der Waals surface area contributed by atoms with E-state index in [4.69, 9.17) is 14.2 Å². The molecule has 0 saturated carbocycles. The Labute approximate surface area is 195 Å². The first-order valence-corrected chi connectivity index (χ1v) is 11.4. The molecule has 4 aromatic carbocycles. The quantitative estimate of drug-likeness (QED) is 0.208. The molecule has 32 heavy (non-hydrogen) atoms. The highest BCUT2D eigenvalue weighted by molar-refractivity contribution is 9.09. The molecule has 0 aromatic heterocycles. The molecule has 4 rings (SSSR count). The molecule has 162 valence electrons. The number of fused-ring (bicyclic) bond motifs is 1. The van der Waals surface area contributed by atoms with Gasteiger partial charge in [0.25, 0.3) is 0 Å². The van der Waals surface area contributed by atoms with E-state index in [1.165, 1.54) is 0 Å². The van der Waals surface area contributed by atoms with Crippen LogP contribution in [0.1, 0.15) is 15.9 Å². The number of alkyl halides is 1. The predicted molar refractivity (Wildman–Crippen MR) is 132 cm³/mol. The van der Waals surface area contributed by atoms with E-state index in [0.29, 0.717) is 17.7 Å². The van der Waals surface area contributed by atoms with E-state index in [9.17, 15) is 4.79 Å². The summed E-state index contributed by atoms with van der Waals surface area (Å²) in [5.74, 6) is 2.17. The van der Waals surface area contributed by atoms with Crippen molar-refractivity contribution in [2.24, 2.45) is 0 Å². The van der Waals surface area contributed by atoms with Crippen LogP contribution >= 0.6 is 15.9 Å². The van der Waals surface area contributed by atoms with E-state index in [2.05, 4.69) is 15.9 Å². The van der Waals surface area contributed by atoms with Gasteiger partial charge in [0, 0.05) is 16.5 Å².